The van der Waals surface area contributed by atoms with Gasteiger partial charge in [-0.1, -0.05) is 0 Å². The summed E-state index contributed by atoms with van der Waals surface area (Å²) >= 11 is 9.26. The van der Waals surface area contributed by atoms with E-state index in [4.69, 9.17) is 28.2 Å². The van der Waals surface area contributed by atoms with Crippen LogP contribution >= 0.6 is 23.2 Å². The molecule has 0 bridgehead atoms. The maximum absolute atomic E-state index is 13.8. The van der Waals surface area contributed by atoms with Gasteiger partial charge in [0.15, 0.2) is 0 Å². The molecule has 10 heteroatoms. The van der Waals surface area contributed by atoms with E-state index in [-0.39, 0.29) is 16.7 Å². The number of rotatable bonds is 12. The average Bonchev–Trinajstić information content (AvgIpc) is 3.36. The first kappa shape index (κ1) is 29.2. The number of halogens is 5. The van der Waals surface area contributed by atoms with Crippen LogP contribution in [0.25, 0.3) is 17.2 Å². The van der Waals surface area contributed by atoms with Gasteiger partial charge in [0.25, 0.3) is 0 Å². The van der Waals surface area contributed by atoms with Crippen molar-refractivity contribution in [1.82, 2.24) is 19.5 Å². The fraction of sp³-hybridized carbons (Fsp3) is 0.500. The number of hydrogen-bond acceptors (Lipinski definition) is 3. The van der Waals surface area contributed by atoms with Gasteiger partial charge in [0.05, 0.1) is 0 Å². The summed E-state index contributed by atoms with van der Waals surface area (Å²) in [5, 5.41) is 0.564. The zero-order valence-corrected chi connectivity index (χ0v) is 25.4. The normalized spacial score (nSPS) is 12.3. The maximum atomic E-state index is 13.8. The monoisotopic (exact) mass is 648 g/mol. The third-order valence-electron chi connectivity index (χ3n) is 6.60. The minimum atomic E-state index is -4.63. The molecule has 0 aliphatic heterocycles. The Morgan fingerprint density at radius 2 is 1.47 bits per heavy atom. The summed E-state index contributed by atoms with van der Waals surface area (Å²) in [6.07, 6.45) is 5.74. The van der Waals surface area contributed by atoms with Crippen molar-refractivity contribution < 1.29 is 13.2 Å². The van der Waals surface area contributed by atoms with Crippen LogP contribution in [-0.4, -0.2) is 37.9 Å². The van der Waals surface area contributed by atoms with Gasteiger partial charge in [-0.15, -0.1) is 0 Å². The van der Waals surface area contributed by atoms with Gasteiger partial charge in [-0.2, -0.15) is 0 Å². The van der Waals surface area contributed by atoms with Crippen molar-refractivity contribution in [3.63, 3.8) is 0 Å². The van der Waals surface area contributed by atoms with Crippen LogP contribution in [0.2, 0.25) is 23.4 Å². The van der Waals surface area contributed by atoms with E-state index >= 15 is 0 Å². The van der Waals surface area contributed by atoms with E-state index in [0.29, 0.717) is 10.6 Å². The van der Waals surface area contributed by atoms with Gasteiger partial charge in [0, 0.05) is 0 Å². The standard InChI is InChI=1S/C14H6Cl2F3N4.3C4H9.Sn/c15-9-2-1-8(5-10(9)16)11-6-12(14(17,18)19)22-13(21-11)23-4-3-20-7-23;3*1-3-4-2;/h1-2,4-7H;3*1,3-4H2,2H3;. The molecule has 196 valence electrons. The summed E-state index contributed by atoms with van der Waals surface area (Å²) in [6, 6.07) is 5.59. The number of hydrogen-bond donors (Lipinski definition) is 0. The fourth-order valence-corrected chi connectivity index (χ4v) is 20.1. The molecule has 0 aliphatic rings. The van der Waals surface area contributed by atoms with Gasteiger partial charge in [0.2, 0.25) is 0 Å². The Hall–Kier alpha value is -1.32. The SMILES string of the molecule is CCC[CH2][Sn]([CH2]CCC)([CH2]CCC)[c]1cn(-c2nc(-c3ccc(Cl)c(Cl)c3)cc(C(F)(F)F)n2)cn1. The van der Waals surface area contributed by atoms with Crippen LogP contribution in [-0.2, 0) is 6.18 Å². The summed E-state index contributed by atoms with van der Waals surface area (Å²) in [4.78, 5) is 13.1. The van der Waals surface area contributed by atoms with Crippen molar-refractivity contribution in [2.24, 2.45) is 0 Å². The Bertz CT molecular complexity index is 1130. The topological polar surface area (TPSA) is 43.6 Å². The Morgan fingerprint density at radius 1 is 0.861 bits per heavy atom. The fourth-order valence-electron chi connectivity index (χ4n) is 4.51. The molecule has 3 rings (SSSR count). The summed E-state index contributed by atoms with van der Waals surface area (Å²) in [5.41, 5.74) is -0.457. The molecule has 0 fully saturated rings. The van der Waals surface area contributed by atoms with E-state index in [1.54, 1.807) is 23.0 Å². The van der Waals surface area contributed by atoms with Crippen LogP contribution in [0, 0.1) is 0 Å². The van der Waals surface area contributed by atoms with E-state index in [2.05, 4.69) is 30.7 Å². The Morgan fingerprint density at radius 3 is 2.00 bits per heavy atom. The Labute approximate surface area is 225 Å². The molecule has 0 aliphatic carbocycles. The molecule has 0 amide bonds. The molecule has 0 radical (unpaired) electrons. The zero-order chi connectivity index (χ0) is 26.3. The van der Waals surface area contributed by atoms with Crippen LogP contribution in [0.15, 0.2) is 36.8 Å². The van der Waals surface area contributed by atoms with Crippen molar-refractivity contribution >= 4 is 45.3 Å². The van der Waals surface area contributed by atoms with Crippen LogP contribution in [0.5, 0.6) is 0 Å². The molecule has 0 unspecified atom stereocenters. The van der Waals surface area contributed by atoms with Crippen LogP contribution in [0.4, 0.5) is 13.2 Å². The quantitative estimate of drug-likeness (QED) is 0.185. The third-order valence-corrected chi connectivity index (χ3v) is 22.4. The molecule has 2 heterocycles. The van der Waals surface area contributed by atoms with E-state index < -0.39 is 30.2 Å². The average molecular weight is 648 g/mol. The van der Waals surface area contributed by atoms with Crippen LogP contribution in [0.3, 0.4) is 0 Å². The zero-order valence-electron chi connectivity index (χ0n) is 21.0. The Kier molecular flexibility index (Phi) is 10.5. The van der Waals surface area contributed by atoms with Gasteiger partial charge in [-0.3, -0.25) is 0 Å². The second kappa shape index (κ2) is 13.0. The summed E-state index contributed by atoms with van der Waals surface area (Å²) in [6.45, 7) is 6.61. The first-order valence-corrected chi connectivity index (χ1v) is 20.8. The van der Waals surface area contributed by atoms with Crippen LogP contribution in [0.1, 0.15) is 65.0 Å². The molecule has 2 aromatic heterocycles. The van der Waals surface area contributed by atoms with E-state index in [9.17, 15) is 13.2 Å². The van der Waals surface area contributed by atoms with Gasteiger partial charge in [-0.05, 0) is 0 Å². The third kappa shape index (κ3) is 7.16. The number of nitrogens with zero attached hydrogens (tertiary/aromatic N) is 4. The van der Waals surface area contributed by atoms with Crippen molar-refractivity contribution in [1.29, 1.82) is 0 Å². The van der Waals surface area contributed by atoms with Crippen LogP contribution < -0.4 is 3.71 Å². The first-order chi connectivity index (χ1) is 17.1. The Balaban J connectivity index is 2.10. The molecule has 0 spiro atoms. The molecule has 0 saturated heterocycles. The van der Waals surface area contributed by atoms with Crippen molar-refractivity contribution in [2.75, 3.05) is 0 Å². The molecule has 1 aromatic carbocycles. The molecule has 3 aromatic rings. The van der Waals surface area contributed by atoms with E-state index in [1.807, 2.05) is 6.20 Å². The number of benzene rings is 1. The summed E-state index contributed by atoms with van der Waals surface area (Å²) < 4.78 is 47.6. The number of alkyl halides is 3. The van der Waals surface area contributed by atoms with Gasteiger partial charge < -0.3 is 0 Å². The summed E-state index contributed by atoms with van der Waals surface area (Å²) in [5.74, 6) is -0.0497. The van der Waals surface area contributed by atoms with E-state index in [0.717, 1.165) is 48.3 Å². The predicted octanol–water partition coefficient (Wildman–Crippen LogP) is 8.71. The summed E-state index contributed by atoms with van der Waals surface area (Å²) in [7, 11) is 0. The number of imidazole rings is 1. The molecule has 36 heavy (non-hydrogen) atoms. The predicted molar refractivity (Wildman–Crippen MR) is 144 cm³/mol. The molecular weight excluding hydrogens is 615 g/mol. The van der Waals surface area contributed by atoms with Gasteiger partial charge in [0.1, 0.15) is 0 Å². The van der Waals surface area contributed by atoms with Crippen molar-refractivity contribution in [3.05, 3.63) is 52.5 Å². The first-order valence-electron chi connectivity index (χ1n) is 12.6. The number of aromatic nitrogens is 4. The molecule has 0 atom stereocenters. The van der Waals surface area contributed by atoms with Crippen molar-refractivity contribution in [3.8, 4) is 17.2 Å². The second-order valence-electron chi connectivity index (χ2n) is 9.32. The van der Waals surface area contributed by atoms with Gasteiger partial charge >= 0.3 is 226 Å². The molecule has 0 N–H and O–H groups in total. The van der Waals surface area contributed by atoms with Crippen molar-refractivity contribution in [2.45, 2.75) is 78.8 Å². The minimum absolute atomic E-state index is 0.0497. The second-order valence-corrected chi connectivity index (χ2v) is 23.2. The molecule has 0 saturated carbocycles. The molecule has 4 nitrogen and oxygen atoms in total. The molecular formula is C26H33Cl2F3N4Sn. The van der Waals surface area contributed by atoms with Gasteiger partial charge in [-0.25, -0.2) is 0 Å². The van der Waals surface area contributed by atoms with E-state index in [1.165, 1.54) is 19.4 Å². The number of unbranched alkanes of at least 4 members (excludes halogenated alkanes) is 3.